The molecule has 0 saturated heterocycles. The number of aliphatic imine (C=N–C) groups is 1. The number of carbonyl (C=O) groups is 1. The second kappa shape index (κ2) is 10.1. The van der Waals surface area contributed by atoms with Crippen molar-refractivity contribution in [3.8, 4) is 0 Å². The molecule has 7 heteroatoms. The molecule has 0 unspecified atom stereocenters. The summed E-state index contributed by atoms with van der Waals surface area (Å²) >= 11 is 0. The lowest BCUT2D eigenvalue weighted by Gasteiger charge is -2.12. The third kappa shape index (κ3) is 6.29. The van der Waals surface area contributed by atoms with Crippen LogP contribution in [0, 0.1) is 0 Å². The van der Waals surface area contributed by atoms with Gasteiger partial charge in [-0.15, -0.1) is 0 Å². The van der Waals surface area contributed by atoms with Gasteiger partial charge in [-0.05, 0) is 36.6 Å². The Bertz CT molecular complexity index is 665. The summed E-state index contributed by atoms with van der Waals surface area (Å²) in [6.45, 7) is 2.47. The SMILES string of the molecule is CN=C(NCCCn1cccn1)NCCc1ccc(C(=O)OC)cc1. The molecule has 134 valence electrons. The van der Waals surface area contributed by atoms with Crippen molar-refractivity contribution < 1.29 is 9.53 Å². The Hall–Kier alpha value is -2.83. The van der Waals surface area contributed by atoms with Gasteiger partial charge in [0.25, 0.3) is 0 Å². The van der Waals surface area contributed by atoms with Crippen LogP contribution in [0.2, 0.25) is 0 Å². The molecule has 7 nitrogen and oxygen atoms in total. The Morgan fingerprint density at radius 2 is 2.00 bits per heavy atom. The monoisotopic (exact) mass is 343 g/mol. The molecule has 25 heavy (non-hydrogen) atoms. The zero-order valence-electron chi connectivity index (χ0n) is 14.7. The van der Waals surface area contributed by atoms with Gasteiger partial charge in [0.1, 0.15) is 0 Å². The van der Waals surface area contributed by atoms with E-state index in [0.29, 0.717) is 5.56 Å². The Morgan fingerprint density at radius 1 is 1.24 bits per heavy atom. The predicted octanol–water partition coefficient (Wildman–Crippen LogP) is 1.47. The number of benzene rings is 1. The average molecular weight is 343 g/mol. The highest BCUT2D eigenvalue weighted by molar-refractivity contribution is 5.89. The van der Waals surface area contributed by atoms with E-state index in [0.717, 1.165) is 44.0 Å². The fraction of sp³-hybridized carbons (Fsp3) is 0.389. The van der Waals surface area contributed by atoms with Crippen molar-refractivity contribution in [2.24, 2.45) is 4.99 Å². The molecular weight excluding hydrogens is 318 g/mol. The molecule has 0 amide bonds. The van der Waals surface area contributed by atoms with E-state index < -0.39 is 0 Å². The topological polar surface area (TPSA) is 80.5 Å². The van der Waals surface area contributed by atoms with E-state index in [9.17, 15) is 4.79 Å². The van der Waals surface area contributed by atoms with E-state index in [2.05, 4.69) is 20.7 Å². The summed E-state index contributed by atoms with van der Waals surface area (Å²) in [4.78, 5) is 15.6. The summed E-state index contributed by atoms with van der Waals surface area (Å²) in [5, 5.41) is 10.7. The zero-order valence-corrected chi connectivity index (χ0v) is 14.7. The number of hydrogen-bond donors (Lipinski definition) is 2. The van der Waals surface area contributed by atoms with Gasteiger partial charge < -0.3 is 15.4 Å². The minimum absolute atomic E-state index is 0.315. The second-order valence-corrected chi connectivity index (χ2v) is 5.49. The van der Waals surface area contributed by atoms with Gasteiger partial charge in [-0.3, -0.25) is 9.67 Å². The Morgan fingerprint density at radius 3 is 2.64 bits per heavy atom. The van der Waals surface area contributed by atoms with Crippen molar-refractivity contribution >= 4 is 11.9 Å². The summed E-state index contributed by atoms with van der Waals surface area (Å²) < 4.78 is 6.61. The molecule has 0 aliphatic heterocycles. The largest absolute Gasteiger partial charge is 0.465 e. The number of methoxy groups -OCH3 is 1. The molecule has 0 bridgehead atoms. The van der Waals surface area contributed by atoms with Crippen molar-refractivity contribution in [2.45, 2.75) is 19.4 Å². The summed E-state index contributed by atoms with van der Waals surface area (Å²) in [5.41, 5.74) is 1.71. The van der Waals surface area contributed by atoms with E-state index in [1.165, 1.54) is 7.11 Å². The lowest BCUT2D eigenvalue weighted by atomic mass is 10.1. The van der Waals surface area contributed by atoms with Crippen LogP contribution in [0.5, 0.6) is 0 Å². The number of guanidine groups is 1. The van der Waals surface area contributed by atoms with Crippen molar-refractivity contribution in [3.63, 3.8) is 0 Å². The number of nitrogens with zero attached hydrogens (tertiary/aromatic N) is 3. The summed E-state index contributed by atoms with van der Waals surface area (Å²) in [5.74, 6) is 0.469. The molecule has 0 saturated carbocycles. The molecule has 1 heterocycles. The highest BCUT2D eigenvalue weighted by atomic mass is 16.5. The Kier molecular flexibility index (Phi) is 7.49. The number of ether oxygens (including phenoxy) is 1. The van der Waals surface area contributed by atoms with Crippen LogP contribution in [0.4, 0.5) is 0 Å². The van der Waals surface area contributed by atoms with E-state index >= 15 is 0 Å². The third-order valence-corrected chi connectivity index (χ3v) is 3.72. The van der Waals surface area contributed by atoms with Gasteiger partial charge in [-0.25, -0.2) is 4.79 Å². The van der Waals surface area contributed by atoms with Gasteiger partial charge in [-0.1, -0.05) is 12.1 Å². The number of esters is 1. The first kappa shape index (κ1) is 18.5. The van der Waals surface area contributed by atoms with Crippen LogP contribution in [0.25, 0.3) is 0 Å². The van der Waals surface area contributed by atoms with E-state index in [-0.39, 0.29) is 5.97 Å². The maximum absolute atomic E-state index is 11.4. The number of aromatic nitrogens is 2. The fourth-order valence-corrected chi connectivity index (χ4v) is 2.35. The van der Waals surface area contributed by atoms with Gasteiger partial charge in [0, 0.05) is 39.1 Å². The molecule has 2 N–H and O–H groups in total. The van der Waals surface area contributed by atoms with Crippen LogP contribution < -0.4 is 10.6 Å². The predicted molar refractivity (Wildman–Crippen MR) is 97.7 cm³/mol. The molecule has 2 rings (SSSR count). The number of hydrogen-bond acceptors (Lipinski definition) is 4. The molecule has 0 radical (unpaired) electrons. The lowest BCUT2D eigenvalue weighted by molar-refractivity contribution is 0.0600. The maximum atomic E-state index is 11.4. The summed E-state index contributed by atoms with van der Waals surface area (Å²) in [6, 6.07) is 9.36. The summed E-state index contributed by atoms with van der Waals surface area (Å²) in [6.07, 6.45) is 5.55. The number of aryl methyl sites for hydroxylation is 1. The smallest absolute Gasteiger partial charge is 0.337 e. The number of nitrogens with one attached hydrogen (secondary N) is 2. The van der Waals surface area contributed by atoms with Crippen LogP contribution in [0.3, 0.4) is 0 Å². The average Bonchev–Trinajstić information content (AvgIpc) is 3.17. The second-order valence-electron chi connectivity index (χ2n) is 5.49. The Labute approximate surface area is 148 Å². The van der Waals surface area contributed by atoms with E-state index in [1.54, 1.807) is 25.4 Å². The van der Waals surface area contributed by atoms with E-state index in [4.69, 9.17) is 4.74 Å². The molecule has 0 aliphatic carbocycles. The molecule has 1 aromatic carbocycles. The summed E-state index contributed by atoms with van der Waals surface area (Å²) in [7, 11) is 3.14. The van der Waals surface area contributed by atoms with E-state index in [1.807, 2.05) is 29.1 Å². The standard InChI is InChI=1S/C18H25N5O2/c1-19-18(20-10-3-13-23-14-4-11-22-23)21-12-9-15-5-7-16(8-6-15)17(24)25-2/h4-8,11,14H,3,9-10,12-13H2,1-2H3,(H2,19,20,21). The van der Waals surface area contributed by atoms with Crippen molar-refractivity contribution in [1.29, 1.82) is 0 Å². The van der Waals surface area contributed by atoms with Crippen LogP contribution >= 0.6 is 0 Å². The Balaban J connectivity index is 1.65. The highest BCUT2D eigenvalue weighted by Gasteiger charge is 2.04. The van der Waals surface area contributed by atoms with Crippen LogP contribution in [-0.2, 0) is 17.7 Å². The molecule has 2 aromatic rings. The molecule has 0 spiro atoms. The minimum Gasteiger partial charge on any atom is -0.465 e. The fourth-order valence-electron chi connectivity index (χ4n) is 2.35. The molecular formula is C18H25N5O2. The molecule has 0 atom stereocenters. The highest BCUT2D eigenvalue weighted by Crippen LogP contribution is 2.06. The van der Waals surface area contributed by atoms with Gasteiger partial charge in [0.2, 0.25) is 0 Å². The molecule has 0 aliphatic rings. The first-order chi connectivity index (χ1) is 12.2. The normalized spacial score (nSPS) is 11.2. The van der Waals surface area contributed by atoms with Crippen molar-refractivity contribution in [1.82, 2.24) is 20.4 Å². The first-order valence-corrected chi connectivity index (χ1v) is 8.32. The van der Waals surface area contributed by atoms with Crippen molar-refractivity contribution in [3.05, 3.63) is 53.9 Å². The third-order valence-electron chi connectivity index (χ3n) is 3.72. The number of carbonyl (C=O) groups excluding carboxylic acids is 1. The van der Waals surface area contributed by atoms with Crippen LogP contribution in [0.15, 0.2) is 47.7 Å². The molecule has 0 fully saturated rings. The van der Waals surface area contributed by atoms with Gasteiger partial charge in [0.05, 0.1) is 12.7 Å². The maximum Gasteiger partial charge on any atom is 0.337 e. The van der Waals surface area contributed by atoms with Gasteiger partial charge in [0.15, 0.2) is 5.96 Å². The number of rotatable bonds is 8. The molecule has 1 aromatic heterocycles. The zero-order chi connectivity index (χ0) is 17.9. The minimum atomic E-state index is -0.315. The quantitative estimate of drug-likeness (QED) is 0.328. The van der Waals surface area contributed by atoms with Gasteiger partial charge in [-0.2, -0.15) is 5.10 Å². The van der Waals surface area contributed by atoms with Gasteiger partial charge >= 0.3 is 5.97 Å². The lowest BCUT2D eigenvalue weighted by Crippen LogP contribution is -2.39. The first-order valence-electron chi connectivity index (χ1n) is 8.32. The van der Waals surface area contributed by atoms with Crippen LogP contribution in [-0.4, -0.2) is 49.0 Å². The van der Waals surface area contributed by atoms with Crippen molar-refractivity contribution in [2.75, 3.05) is 27.2 Å². The van der Waals surface area contributed by atoms with Crippen LogP contribution in [0.1, 0.15) is 22.3 Å².